The Kier molecular flexibility index (Phi) is 3.78. The lowest BCUT2D eigenvalue weighted by Crippen LogP contribution is -1.84. The van der Waals surface area contributed by atoms with Gasteiger partial charge in [0.05, 0.1) is 15.6 Å². The van der Waals surface area contributed by atoms with Crippen molar-refractivity contribution in [3.63, 3.8) is 0 Å². The molecule has 18 heavy (non-hydrogen) atoms. The second-order valence-corrected chi connectivity index (χ2v) is 5.51. The number of rotatable bonds is 3. The molecule has 2 heteroatoms. The maximum atomic E-state index is 4.65. The highest BCUT2D eigenvalue weighted by Gasteiger charge is 2.12. The molecule has 0 aliphatic rings. The Morgan fingerprint density at radius 2 is 2.11 bits per heavy atom. The van der Waals surface area contributed by atoms with E-state index >= 15 is 0 Å². The van der Waals surface area contributed by atoms with E-state index in [9.17, 15) is 0 Å². The highest BCUT2D eigenvalue weighted by molar-refractivity contribution is 7.13. The fourth-order valence-electron chi connectivity index (χ4n) is 1.91. The van der Waals surface area contributed by atoms with Gasteiger partial charge in [-0.2, -0.15) is 0 Å². The molecule has 0 saturated carbocycles. The number of nitrogens with zero attached hydrogens (tertiary/aromatic N) is 1. The summed E-state index contributed by atoms with van der Waals surface area (Å²) in [6.07, 6.45) is 4.05. The predicted octanol–water partition coefficient (Wildman–Crippen LogP) is 5.02. The van der Waals surface area contributed by atoms with Crippen molar-refractivity contribution in [2.45, 2.75) is 20.8 Å². The van der Waals surface area contributed by atoms with Gasteiger partial charge in [-0.25, -0.2) is 4.98 Å². The summed E-state index contributed by atoms with van der Waals surface area (Å²) in [6.45, 7) is 10.3. The van der Waals surface area contributed by atoms with Crippen LogP contribution < -0.4 is 0 Å². The summed E-state index contributed by atoms with van der Waals surface area (Å²) >= 11 is 1.70. The zero-order valence-corrected chi connectivity index (χ0v) is 11.8. The van der Waals surface area contributed by atoms with Crippen molar-refractivity contribution < 1.29 is 0 Å². The highest BCUT2D eigenvalue weighted by Crippen LogP contribution is 2.33. The van der Waals surface area contributed by atoms with Crippen LogP contribution in [-0.4, -0.2) is 4.98 Å². The lowest BCUT2D eigenvalue weighted by Gasteiger charge is -2.03. The molecule has 0 unspecified atom stereocenters. The molecule has 0 atom stereocenters. The zero-order valence-electron chi connectivity index (χ0n) is 11.0. The van der Waals surface area contributed by atoms with Crippen molar-refractivity contribution in [3.8, 4) is 11.3 Å². The van der Waals surface area contributed by atoms with E-state index in [1.807, 2.05) is 26.0 Å². The van der Waals surface area contributed by atoms with Crippen molar-refractivity contribution in [2.75, 3.05) is 0 Å². The summed E-state index contributed by atoms with van der Waals surface area (Å²) in [5, 5.41) is 1.08. The van der Waals surface area contributed by atoms with Crippen LogP contribution in [0.3, 0.4) is 0 Å². The first kappa shape index (κ1) is 12.8. The van der Waals surface area contributed by atoms with Crippen molar-refractivity contribution in [1.29, 1.82) is 0 Å². The summed E-state index contributed by atoms with van der Waals surface area (Å²) < 4.78 is 0. The summed E-state index contributed by atoms with van der Waals surface area (Å²) in [4.78, 5) is 5.81. The van der Waals surface area contributed by atoms with E-state index in [1.54, 1.807) is 11.3 Å². The monoisotopic (exact) mass is 255 g/mol. The van der Waals surface area contributed by atoms with E-state index in [0.29, 0.717) is 0 Å². The first-order valence-electron chi connectivity index (χ1n) is 5.98. The van der Waals surface area contributed by atoms with Gasteiger partial charge in [-0.3, -0.25) is 0 Å². The summed E-state index contributed by atoms with van der Waals surface area (Å²) in [6, 6.07) is 8.44. The number of benzene rings is 1. The van der Waals surface area contributed by atoms with Crippen LogP contribution in [-0.2, 0) is 0 Å². The van der Waals surface area contributed by atoms with Gasteiger partial charge in [0.1, 0.15) is 0 Å². The summed E-state index contributed by atoms with van der Waals surface area (Å²) in [5.41, 5.74) is 4.49. The molecule has 1 aromatic heterocycles. The number of thiazole rings is 1. The minimum absolute atomic E-state index is 1.03. The first-order valence-corrected chi connectivity index (χ1v) is 6.80. The van der Waals surface area contributed by atoms with E-state index < -0.39 is 0 Å². The van der Waals surface area contributed by atoms with Crippen LogP contribution in [0.25, 0.3) is 16.8 Å². The predicted molar refractivity (Wildman–Crippen MR) is 80.9 cm³/mol. The fraction of sp³-hybridized carbons (Fsp3) is 0.188. The molecule has 0 N–H and O–H groups in total. The Labute approximate surface area is 113 Å². The Morgan fingerprint density at radius 3 is 2.78 bits per heavy atom. The van der Waals surface area contributed by atoms with Crippen LogP contribution in [0.4, 0.5) is 0 Å². The molecule has 0 aliphatic carbocycles. The largest absolute Gasteiger partial charge is 0.241 e. The number of allylic oxidation sites excluding steroid dienone is 3. The normalized spacial score (nSPS) is 11.1. The highest BCUT2D eigenvalue weighted by atomic mass is 32.1. The van der Waals surface area contributed by atoms with Crippen LogP contribution in [0, 0.1) is 13.8 Å². The molecule has 1 aromatic carbocycles. The Balaban J connectivity index is 2.54. The summed E-state index contributed by atoms with van der Waals surface area (Å²) in [5.74, 6) is 0. The number of aryl methyl sites for hydroxylation is 2. The average molecular weight is 255 g/mol. The van der Waals surface area contributed by atoms with Crippen LogP contribution in [0.1, 0.15) is 22.4 Å². The molecule has 2 aromatic rings. The van der Waals surface area contributed by atoms with Crippen molar-refractivity contribution in [3.05, 3.63) is 58.4 Å². The number of hydrogen-bond acceptors (Lipinski definition) is 2. The molecule has 0 fully saturated rings. The zero-order chi connectivity index (χ0) is 13.1. The minimum atomic E-state index is 1.03. The molecule has 0 amide bonds. The molecule has 0 radical (unpaired) electrons. The van der Waals surface area contributed by atoms with Crippen LogP contribution >= 0.6 is 11.3 Å². The molecule has 0 bridgehead atoms. The third-order valence-corrected chi connectivity index (χ3v) is 3.73. The van der Waals surface area contributed by atoms with E-state index in [-0.39, 0.29) is 0 Å². The number of hydrogen-bond donors (Lipinski definition) is 0. The maximum absolute atomic E-state index is 4.65. The molecular weight excluding hydrogens is 238 g/mol. The van der Waals surface area contributed by atoms with Crippen LogP contribution in [0.2, 0.25) is 0 Å². The van der Waals surface area contributed by atoms with Crippen molar-refractivity contribution >= 4 is 16.9 Å². The van der Waals surface area contributed by atoms with E-state index in [4.69, 9.17) is 0 Å². The minimum Gasteiger partial charge on any atom is -0.241 e. The molecule has 0 saturated heterocycles. The van der Waals surface area contributed by atoms with Gasteiger partial charge in [0.25, 0.3) is 0 Å². The van der Waals surface area contributed by atoms with E-state index in [0.717, 1.165) is 21.2 Å². The first-order chi connectivity index (χ1) is 8.61. The lowest BCUT2D eigenvalue weighted by atomic mass is 10.1. The van der Waals surface area contributed by atoms with E-state index in [1.165, 1.54) is 11.1 Å². The molecular formula is C16H17NS. The van der Waals surface area contributed by atoms with Gasteiger partial charge in [-0.15, -0.1) is 11.3 Å². The fourth-order valence-corrected chi connectivity index (χ4v) is 2.80. The van der Waals surface area contributed by atoms with Gasteiger partial charge in [0, 0.05) is 5.56 Å². The SMILES string of the molecule is C=C(/C=C\C)c1sc(C)nc1-c1cccc(C)c1. The van der Waals surface area contributed by atoms with Gasteiger partial charge < -0.3 is 0 Å². The van der Waals surface area contributed by atoms with Crippen molar-refractivity contribution in [1.82, 2.24) is 4.98 Å². The van der Waals surface area contributed by atoms with Gasteiger partial charge in [-0.1, -0.05) is 42.5 Å². The van der Waals surface area contributed by atoms with Crippen molar-refractivity contribution in [2.24, 2.45) is 0 Å². The molecule has 0 aliphatic heterocycles. The van der Waals surface area contributed by atoms with Crippen LogP contribution in [0.15, 0.2) is 43.0 Å². The Morgan fingerprint density at radius 1 is 1.33 bits per heavy atom. The second kappa shape index (κ2) is 5.32. The second-order valence-electron chi connectivity index (χ2n) is 4.31. The topological polar surface area (TPSA) is 12.9 Å². The molecule has 0 spiro atoms. The standard InChI is InChI=1S/C16H17NS/c1-5-7-12(3)16-15(17-13(4)18-16)14-9-6-8-11(2)10-14/h5-10H,3H2,1-2,4H3/b7-5-. The molecule has 1 nitrogen and oxygen atoms in total. The summed E-state index contributed by atoms with van der Waals surface area (Å²) in [7, 11) is 0. The van der Waals surface area contributed by atoms with E-state index in [2.05, 4.69) is 42.8 Å². The maximum Gasteiger partial charge on any atom is 0.0908 e. The quantitative estimate of drug-likeness (QED) is 0.702. The molecule has 1 heterocycles. The Bertz CT molecular complexity index is 605. The Hall–Kier alpha value is -1.67. The third-order valence-electron chi connectivity index (χ3n) is 2.69. The van der Waals surface area contributed by atoms with Crippen LogP contribution in [0.5, 0.6) is 0 Å². The molecule has 2 rings (SSSR count). The molecule has 92 valence electrons. The van der Waals surface area contributed by atoms with Gasteiger partial charge in [-0.05, 0) is 32.4 Å². The van der Waals surface area contributed by atoms with Gasteiger partial charge >= 0.3 is 0 Å². The third kappa shape index (κ3) is 2.59. The lowest BCUT2D eigenvalue weighted by molar-refractivity contribution is 1.29. The van der Waals surface area contributed by atoms with Gasteiger partial charge in [0.2, 0.25) is 0 Å². The number of aromatic nitrogens is 1. The smallest absolute Gasteiger partial charge is 0.0908 e. The van der Waals surface area contributed by atoms with Gasteiger partial charge in [0.15, 0.2) is 0 Å². The average Bonchev–Trinajstić information content (AvgIpc) is 2.72.